The third kappa shape index (κ3) is 3.08. The fraction of sp³-hybridized carbons (Fsp3) is 0.529. The van der Waals surface area contributed by atoms with Gasteiger partial charge in [0, 0.05) is 6.42 Å². The van der Waals surface area contributed by atoms with E-state index in [1.165, 1.54) is 32.1 Å². The van der Waals surface area contributed by atoms with Crippen LogP contribution < -0.4 is 5.73 Å². The summed E-state index contributed by atoms with van der Waals surface area (Å²) in [6, 6.07) is 5.56. The monoisotopic (exact) mass is 301 g/mol. The summed E-state index contributed by atoms with van der Waals surface area (Å²) in [6.07, 6.45) is 8.49. The van der Waals surface area contributed by atoms with Gasteiger partial charge < -0.3 is 15.4 Å². The smallest absolute Gasteiger partial charge is 0.323 e. The van der Waals surface area contributed by atoms with Crippen molar-refractivity contribution < 1.29 is 9.90 Å². The van der Waals surface area contributed by atoms with Crippen molar-refractivity contribution in [2.24, 2.45) is 5.92 Å². The number of nitrogen functional groups attached to an aromatic ring is 1. The number of nitrogens with two attached hydrogens (primary N) is 1. The molecule has 0 bridgehead atoms. The first kappa shape index (κ1) is 14.9. The van der Waals surface area contributed by atoms with Gasteiger partial charge in [0.25, 0.3) is 0 Å². The van der Waals surface area contributed by atoms with Crippen molar-refractivity contribution in [3.8, 4) is 0 Å². The molecule has 5 heteroatoms. The van der Waals surface area contributed by atoms with Gasteiger partial charge in [-0.05, 0) is 24.5 Å². The minimum Gasteiger partial charge on any atom is -0.480 e. The lowest BCUT2D eigenvalue weighted by atomic mass is 9.86. The van der Waals surface area contributed by atoms with Crippen molar-refractivity contribution in [1.29, 1.82) is 0 Å². The van der Waals surface area contributed by atoms with Gasteiger partial charge in [-0.25, -0.2) is 4.98 Å². The van der Waals surface area contributed by atoms with E-state index >= 15 is 0 Å². The SMILES string of the molecule is Nc1cccc2c1nc(CCC1CCCCC1)n2CC(=O)O. The van der Waals surface area contributed by atoms with Crippen LogP contribution in [0.3, 0.4) is 0 Å². The van der Waals surface area contributed by atoms with E-state index in [4.69, 9.17) is 5.73 Å². The average Bonchev–Trinajstić information content (AvgIpc) is 2.85. The predicted molar refractivity (Wildman–Crippen MR) is 86.7 cm³/mol. The Hall–Kier alpha value is -2.04. The average molecular weight is 301 g/mol. The molecular formula is C17H23N3O2. The largest absolute Gasteiger partial charge is 0.480 e. The van der Waals surface area contributed by atoms with Gasteiger partial charge in [-0.15, -0.1) is 0 Å². The molecule has 1 heterocycles. The van der Waals surface area contributed by atoms with Crippen molar-refractivity contribution in [2.75, 3.05) is 5.73 Å². The van der Waals surface area contributed by atoms with Crippen LogP contribution in [0.4, 0.5) is 5.69 Å². The molecule has 1 saturated carbocycles. The lowest BCUT2D eigenvalue weighted by Crippen LogP contribution is -2.14. The summed E-state index contributed by atoms with van der Waals surface area (Å²) in [5, 5.41) is 9.18. The van der Waals surface area contributed by atoms with Crippen molar-refractivity contribution in [3.63, 3.8) is 0 Å². The Bertz CT molecular complexity index is 672. The summed E-state index contributed by atoms with van der Waals surface area (Å²) in [6.45, 7) is -0.0556. The number of carbonyl (C=O) groups is 1. The van der Waals surface area contributed by atoms with Gasteiger partial charge in [-0.1, -0.05) is 38.2 Å². The fourth-order valence-electron chi connectivity index (χ4n) is 3.53. The van der Waals surface area contributed by atoms with Crippen LogP contribution in [0.2, 0.25) is 0 Å². The highest BCUT2D eigenvalue weighted by Crippen LogP contribution is 2.29. The molecule has 0 atom stereocenters. The topological polar surface area (TPSA) is 81.1 Å². The highest BCUT2D eigenvalue weighted by Gasteiger charge is 2.18. The van der Waals surface area contributed by atoms with E-state index < -0.39 is 5.97 Å². The quantitative estimate of drug-likeness (QED) is 0.831. The van der Waals surface area contributed by atoms with Crippen molar-refractivity contribution in [2.45, 2.75) is 51.5 Å². The summed E-state index contributed by atoms with van der Waals surface area (Å²) < 4.78 is 1.80. The number of aliphatic carboxylic acids is 1. The summed E-state index contributed by atoms with van der Waals surface area (Å²) in [7, 11) is 0. The van der Waals surface area contributed by atoms with Gasteiger partial charge in [0.1, 0.15) is 17.9 Å². The molecule has 1 aliphatic rings. The van der Waals surface area contributed by atoms with Crippen molar-refractivity contribution >= 4 is 22.7 Å². The molecular weight excluding hydrogens is 278 g/mol. The summed E-state index contributed by atoms with van der Waals surface area (Å²) >= 11 is 0. The van der Waals surface area contributed by atoms with Gasteiger partial charge >= 0.3 is 5.97 Å². The summed E-state index contributed by atoms with van der Waals surface area (Å²) in [5.74, 6) is 0.755. The number of carboxylic acids is 1. The highest BCUT2D eigenvalue weighted by molar-refractivity contribution is 5.88. The molecule has 22 heavy (non-hydrogen) atoms. The zero-order chi connectivity index (χ0) is 15.5. The number of carboxylic acid groups (broad SMARTS) is 1. The Kier molecular flexibility index (Phi) is 4.32. The Morgan fingerprint density at radius 2 is 2.09 bits per heavy atom. The van der Waals surface area contributed by atoms with E-state index in [0.717, 1.165) is 35.6 Å². The van der Waals surface area contributed by atoms with Crippen LogP contribution in [0.1, 0.15) is 44.3 Å². The third-order valence-electron chi connectivity index (χ3n) is 4.68. The Balaban J connectivity index is 1.86. The maximum atomic E-state index is 11.2. The molecule has 1 aromatic heterocycles. The number of fused-ring (bicyclic) bond motifs is 1. The molecule has 0 radical (unpaired) electrons. The number of aryl methyl sites for hydroxylation is 1. The number of benzene rings is 1. The van der Waals surface area contributed by atoms with Gasteiger partial charge in [0.05, 0.1) is 11.2 Å². The molecule has 1 aromatic carbocycles. The first-order valence-corrected chi connectivity index (χ1v) is 8.10. The molecule has 1 fully saturated rings. The van der Waals surface area contributed by atoms with Crippen LogP contribution in [0.25, 0.3) is 11.0 Å². The number of anilines is 1. The molecule has 3 N–H and O–H groups in total. The molecule has 0 aliphatic heterocycles. The minimum absolute atomic E-state index is 0.0556. The van der Waals surface area contributed by atoms with E-state index in [0.29, 0.717) is 5.69 Å². The Morgan fingerprint density at radius 1 is 1.32 bits per heavy atom. The molecule has 0 unspecified atom stereocenters. The number of nitrogens with zero attached hydrogens (tertiary/aromatic N) is 2. The number of rotatable bonds is 5. The number of imidazole rings is 1. The number of hydrogen-bond acceptors (Lipinski definition) is 3. The highest BCUT2D eigenvalue weighted by atomic mass is 16.4. The first-order chi connectivity index (χ1) is 10.6. The fourth-order valence-corrected chi connectivity index (χ4v) is 3.53. The van der Waals surface area contributed by atoms with Crippen LogP contribution in [0.5, 0.6) is 0 Å². The number of aromatic nitrogens is 2. The number of para-hydroxylation sites is 1. The van der Waals surface area contributed by atoms with Gasteiger partial charge in [0.15, 0.2) is 0 Å². The molecule has 3 rings (SSSR count). The van der Waals surface area contributed by atoms with Crippen LogP contribution in [0.15, 0.2) is 18.2 Å². The Morgan fingerprint density at radius 3 is 2.82 bits per heavy atom. The zero-order valence-electron chi connectivity index (χ0n) is 12.8. The van der Waals surface area contributed by atoms with E-state index in [-0.39, 0.29) is 6.54 Å². The second-order valence-corrected chi connectivity index (χ2v) is 6.27. The van der Waals surface area contributed by atoms with Crippen LogP contribution in [0, 0.1) is 5.92 Å². The zero-order valence-corrected chi connectivity index (χ0v) is 12.8. The van der Waals surface area contributed by atoms with E-state index in [1.54, 1.807) is 4.57 Å². The molecule has 0 amide bonds. The van der Waals surface area contributed by atoms with Gasteiger partial charge in [0.2, 0.25) is 0 Å². The lowest BCUT2D eigenvalue weighted by molar-refractivity contribution is -0.137. The first-order valence-electron chi connectivity index (χ1n) is 8.10. The Labute approximate surface area is 130 Å². The molecule has 5 nitrogen and oxygen atoms in total. The molecule has 2 aromatic rings. The normalized spacial score (nSPS) is 16.2. The van der Waals surface area contributed by atoms with Crippen LogP contribution in [-0.4, -0.2) is 20.6 Å². The second-order valence-electron chi connectivity index (χ2n) is 6.27. The minimum atomic E-state index is -0.847. The van der Waals surface area contributed by atoms with E-state index in [2.05, 4.69) is 4.98 Å². The van der Waals surface area contributed by atoms with Gasteiger partial charge in [-0.3, -0.25) is 4.79 Å². The molecule has 118 valence electrons. The summed E-state index contributed by atoms with van der Waals surface area (Å²) in [4.78, 5) is 15.8. The predicted octanol–water partition coefficient (Wildman–Crippen LogP) is 3.22. The second kappa shape index (κ2) is 6.38. The standard InChI is InChI=1S/C17H23N3O2/c18-13-7-4-8-14-17(13)19-15(20(14)11-16(21)22)10-9-12-5-2-1-3-6-12/h4,7-8,12H,1-3,5-6,9-11,18H2,(H,21,22). The molecule has 0 saturated heterocycles. The van der Waals surface area contributed by atoms with Gasteiger partial charge in [-0.2, -0.15) is 0 Å². The van der Waals surface area contributed by atoms with Crippen molar-refractivity contribution in [3.05, 3.63) is 24.0 Å². The number of hydrogen-bond donors (Lipinski definition) is 2. The lowest BCUT2D eigenvalue weighted by Gasteiger charge is -2.21. The molecule has 0 spiro atoms. The third-order valence-corrected chi connectivity index (χ3v) is 4.68. The summed E-state index contributed by atoms with van der Waals surface area (Å²) in [5.41, 5.74) is 8.14. The maximum Gasteiger partial charge on any atom is 0.323 e. The molecule has 1 aliphatic carbocycles. The van der Waals surface area contributed by atoms with Crippen molar-refractivity contribution in [1.82, 2.24) is 9.55 Å². The van der Waals surface area contributed by atoms with E-state index in [9.17, 15) is 9.90 Å². The maximum absolute atomic E-state index is 11.2. The van der Waals surface area contributed by atoms with Crippen LogP contribution in [-0.2, 0) is 17.8 Å². The van der Waals surface area contributed by atoms with Crippen LogP contribution >= 0.6 is 0 Å². The van der Waals surface area contributed by atoms with E-state index in [1.807, 2.05) is 18.2 Å².